The predicted molar refractivity (Wildman–Crippen MR) is 113 cm³/mol. The van der Waals surface area contributed by atoms with Gasteiger partial charge in [0, 0.05) is 18.2 Å². The molecule has 0 saturated heterocycles. The lowest BCUT2D eigenvalue weighted by molar-refractivity contribution is 0.300. The molecule has 0 aliphatic rings. The van der Waals surface area contributed by atoms with Crippen molar-refractivity contribution in [2.45, 2.75) is 45.9 Å². The molecule has 0 amide bonds. The van der Waals surface area contributed by atoms with E-state index in [1.165, 1.54) is 22.3 Å². The third-order valence-corrected chi connectivity index (χ3v) is 4.97. The Morgan fingerprint density at radius 3 is 2.26 bits per heavy atom. The molecule has 0 aromatic heterocycles. The van der Waals surface area contributed by atoms with Crippen LogP contribution in [0, 0.1) is 6.92 Å². The highest BCUT2D eigenvalue weighted by molar-refractivity contribution is 5.34. The lowest BCUT2D eigenvalue weighted by atomic mass is 10.1. The Balaban J connectivity index is 1.52. The normalized spacial score (nSPS) is 11.9. The lowest BCUT2D eigenvalue weighted by Crippen LogP contribution is -2.26. The van der Waals surface area contributed by atoms with Gasteiger partial charge in [-0.15, -0.1) is 0 Å². The maximum Gasteiger partial charge on any atom is 0.124 e. The molecule has 2 nitrogen and oxygen atoms in total. The molecule has 0 fully saturated rings. The standard InChI is InChI=1S/C25H29NO/c1-20-10-6-7-14-24(20)19-27-25-15-9-8-13-23(25)18-26-21(2)16-17-22-11-4-3-5-12-22/h3-15,21,26H,16-19H2,1-2H3/t21-/m1/s1. The molecule has 0 aliphatic heterocycles. The van der Waals surface area contributed by atoms with Crippen molar-refractivity contribution in [2.75, 3.05) is 0 Å². The minimum absolute atomic E-state index is 0.453. The Kier molecular flexibility index (Phi) is 7.06. The Labute approximate surface area is 163 Å². The first-order valence-corrected chi connectivity index (χ1v) is 9.75. The van der Waals surface area contributed by atoms with Crippen molar-refractivity contribution in [3.8, 4) is 5.75 Å². The molecule has 3 aromatic rings. The number of ether oxygens (including phenoxy) is 1. The summed E-state index contributed by atoms with van der Waals surface area (Å²) in [7, 11) is 0. The van der Waals surface area contributed by atoms with Crippen molar-refractivity contribution in [2.24, 2.45) is 0 Å². The van der Waals surface area contributed by atoms with Gasteiger partial charge < -0.3 is 10.1 Å². The first-order chi connectivity index (χ1) is 13.2. The number of hydrogen-bond acceptors (Lipinski definition) is 2. The Bertz CT molecular complexity index is 828. The van der Waals surface area contributed by atoms with Crippen LogP contribution in [0.2, 0.25) is 0 Å². The highest BCUT2D eigenvalue weighted by Gasteiger charge is 2.07. The zero-order valence-electron chi connectivity index (χ0n) is 16.3. The minimum atomic E-state index is 0.453. The van der Waals surface area contributed by atoms with Crippen LogP contribution >= 0.6 is 0 Å². The molecule has 0 bridgehead atoms. The SMILES string of the molecule is Cc1ccccc1COc1ccccc1CN[C@H](C)CCc1ccccc1. The van der Waals surface area contributed by atoms with Gasteiger partial charge in [0.05, 0.1) is 0 Å². The van der Waals surface area contributed by atoms with Gasteiger partial charge in [0.2, 0.25) is 0 Å². The van der Waals surface area contributed by atoms with Crippen molar-refractivity contribution in [3.63, 3.8) is 0 Å². The third-order valence-electron chi connectivity index (χ3n) is 4.97. The van der Waals surface area contributed by atoms with Crippen molar-refractivity contribution < 1.29 is 4.74 Å². The van der Waals surface area contributed by atoms with E-state index >= 15 is 0 Å². The molecule has 0 heterocycles. The largest absolute Gasteiger partial charge is 0.489 e. The molecule has 1 N–H and O–H groups in total. The van der Waals surface area contributed by atoms with Crippen molar-refractivity contribution in [1.29, 1.82) is 0 Å². The fourth-order valence-electron chi connectivity index (χ4n) is 3.13. The molecule has 2 heteroatoms. The first-order valence-electron chi connectivity index (χ1n) is 9.75. The van der Waals surface area contributed by atoms with E-state index < -0.39 is 0 Å². The van der Waals surface area contributed by atoms with Crippen LogP contribution in [-0.2, 0) is 19.6 Å². The average molecular weight is 360 g/mol. The Morgan fingerprint density at radius 1 is 0.815 bits per heavy atom. The maximum atomic E-state index is 6.13. The highest BCUT2D eigenvalue weighted by atomic mass is 16.5. The van der Waals surface area contributed by atoms with Crippen LogP contribution in [0.5, 0.6) is 5.75 Å². The summed E-state index contributed by atoms with van der Waals surface area (Å²) in [5.74, 6) is 0.962. The van der Waals surface area contributed by atoms with Gasteiger partial charge in [-0.3, -0.25) is 0 Å². The number of nitrogens with one attached hydrogen (secondary N) is 1. The number of para-hydroxylation sites is 1. The molecule has 1 atom stereocenters. The van der Waals surface area contributed by atoms with Crippen molar-refractivity contribution >= 4 is 0 Å². The molecule has 27 heavy (non-hydrogen) atoms. The number of aryl methyl sites for hydroxylation is 2. The summed E-state index contributed by atoms with van der Waals surface area (Å²) < 4.78 is 6.13. The zero-order chi connectivity index (χ0) is 18.9. The van der Waals surface area contributed by atoms with Gasteiger partial charge in [-0.2, -0.15) is 0 Å². The molecule has 0 unspecified atom stereocenters. The van der Waals surface area contributed by atoms with Crippen molar-refractivity contribution in [1.82, 2.24) is 5.32 Å². The fourth-order valence-corrected chi connectivity index (χ4v) is 3.13. The molecule has 0 spiro atoms. The van der Waals surface area contributed by atoms with Crippen molar-refractivity contribution in [3.05, 3.63) is 101 Å². The van der Waals surface area contributed by atoms with E-state index in [0.29, 0.717) is 12.6 Å². The Morgan fingerprint density at radius 2 is 1.48 bits per heavy atom. The monoisotopic (exact) mass is 359 g/mol. The van der Waals surface area contributed by atoms with Gasteiger partial charge in [-0.1, -0.05) is 72.8 Å². The van der Waals surface area contributed by atoms with E-state index in [9.17, 15) is 0 Å². The summed E-state index contributed by atoms with van der Waals surface area (Å²) >= 11 is 0. The summed E-state index contributed by atoms with van der Waals surface area (Å²) in [5, 5.41) is 3.64. The van der Waals surface area contributed by atoms with E-state index in [1.54, 1.807) is 0 Å². The predicted octanol–water partition coefficient (Wildman–Crippen LogP) is 5.68. The molecule has 0 radical (unpaired) electrons. The zero-order valence-corrected chi connectivity index (χ0v) is 16.3. The summed E-state index contributed by atoms with van der Waals surface area (Å²) in [4.78, 5) is 0. The quantitative estimate of drug-likeness (QED) is 0.530. The van der Waals surface area contributed by atoms with Crippen LogP contribution < -0.4 is 10.1 Å². The maximum absolute atomic E-state index is 6.13. The van der Waals surface area contributed by atoms with Gasteiger partial charge in [-0.05, 0) is 49.4 Å². The van der Waals surface area contributed by atoms with Gasteiger partial charge in [0.25, 0.3) is 0 Å². The fraction of sp³-hybridized carbons (Fsp3) is 0.280. The summed E-state index contributed by atoms with van der Waals surface area (Å²) in [6, 6.07) is 27.8. The van der Waals surface area contributed by atoms with Crippen LogP contribution in [0.15, 0.2) is 78.9 Å². The molecule has 3 rings (SSSR count). The summed E-state index contributed by atoms with van der Waals surface area (Å²) in [5.41, 5.74) is 5.10. The van der Waals surface area contributed by atoms with Crippen LogP contribution in [0.3, 0.4) is 0 Å². The lowest BCUT2D eigenvalue weighted by Gasteiger charge is -2.17. The average Bonchev–Trinajstić information content (AvgIpc) is 2.71. The van der Waals surface area contributed by atoms with Crippen LogP contribution in [0.25, 0.3) is 0 Å². The molecule has 3 aromatic carbocycles. The van der Waals surface area contributed by atoms with E-state index in [4.69, 9.17) is 4.74 Å². The van der Waals surface area contributed by atoms with Crippen LogP contribution in [0.1, 0.15) is 35.6 Å². The van der Waals surface area contributed by atoms with Gasteiger partial charge in [0.1, 0.15) is 12.4 Å². The van der Waals surface area contributed by atoms with E-state index in [-0.39, 0.29) is 0 Å². The smallest absolute Gasteiger partial charge is 0.124 e. The minimum Gasteiger partial charge on any atom is -0.489 e. The second-order valence-electron chi connectivity index (χ2n) is 7.13. The van der Waals surface area contributed by atoms with E-state index in [0.717, 1.165) is 25.1 Å². The van der Waals surface area contributed by atoms with Gasteiger partial charge in [-0.25, -0.2) is 0 Å². The molecule has 0 saturated carbocycles. The van der Waals surface area contributed by atoms with E-state index in [1.807, 2.05) is 6.07 Å². The number of rotatable bonds is 9. The van der Waals surface area contributed by atoms with Gasteiger partial charge in [0.15, 0.2) is 0 Å². The molecular formula is C25H29NO. The van der Waals surface area contributed by atoms with Gasteiger partial charge >= 0.3 is 0 Å². The third kappa shape index (κ3) is 5.97. The number of benzene rings is 3. The highest BCUT2D eigenvalue weighted by Crippen LogP contribution is 2.20. The summed E-state index contributed by atoms with van der Waals surface area (Å²) in [6.07, 6.45) is 2.22. The second kappa shape index (κ2) is 9.94. The Hall–Kier alpha value is -2.58. The molecule has 140 valence electrons. The molecular weight excluding hydrogens is 330 g/mol. The van der Waals surface area contributed by atoms with E-state index in [2.05, 4.69) is 92.0 Å². The molecule has 0 aliphatic carbocycles. The topological polar surface area (TPSA) is 21.3 Å². The number of hydrogen-bond donors (Lipinski definition) is 1. The second-order valence-corrected chi connectivity index (χ2v) is 7.13. The first kappa shape index (κ1) is 19.2. The summed E-state index contributed by atoms with van der Waals surface area (Å²) in [6.45, 7) is 5.80. The van der Waals surface area contributed by atoms with Crippen LogP contribution in [0.4, 0.5) is 0 Å². The van der Waals surface area contributed by atoms with Crippen LogP contribution in [-0.4, -0.2) is 6.04 Å².